The fourth-order valence-corrected chi connectivity index (χ4v) is 3.99. The molecule has 1 heterocycles. The molecule has 13 nitrogen and oxygen atoms in total. The third kappa shape index (κ3) is 13.1. The van der Waals surface area contributed by atoms with Gasteiger partial charge in [0.25, 0.3) is 0 Å². The first-order valence-corrected chi connectivity index (χ1v) is 14.8. The summed E-state index contributed by atoms with van der Waals surface area (Å²) in [5, 5.41) is 10.5. The Morgan fingerprint density at radius 2 is 1.71 bits per heavy atom. The molecule has 0 aromatic heterocycles. The van der Waals surface area contributed by atoms with E-state index in [1.807, 2.05) is 13.2 Å². The van der Waals surface area contributed by atoms with Crippen molar-refractivity contribution in [1.29, 1.82) is 0 Å². The molecule has 4 N–H and O–H groups in total. The minimum absolute atomic E-state index is 0.140. The highest BCUT2D eigenvalue weighted by atomic mass is 32.2. The smallest absolute Gasteiger partial charge is 0.250 e. The Kier molecular flexibility index (Phi) is 15.4. The standard InChI is InChI=1S/C27H39N5O8S/c1-3-39-14-12-28-27(38)21(31-22(33)11-15-41-2)16-29-23(34)17-40-18-24(35)30-20-7-4-19(5-8-20)6-9-25(36)32-13-10-26(32)37/h4-5,7-8,21H,3,6,9-18H2,1-2H3,(H,28,38)(H,29,34)(H,30,35)(H,31,33)/t21-/m1/s1. The third-order valence-electron chi connectivity index (χ3n) is 5.92. The van der Waals surface area contributed by atoms with Crippen molar-refractivity contribution in [3.8, 4) is 0 Å². The molecule has 14 heteroatoms. The fraction of sp³-hybridized carbons (Fsp3) is 0.556. The number of aryl methyl sites for hydroxylation is 1. The highest BCUT2D eigenvalue weighted by Gasteiger charge is 2.29. The molecule has 1 fully saturated rings. The van der Waals surface area contributed by atoms with E-state index in [0.717, 1.165) is 5.56 Å². The number of thioether (sulfide) groups is 1. The first-order chi connectivity index (χ1) is 19.7. The second-order valence-electron chi connectivity index (χ2n) is 9.08. The van der Waals surface area contributed by atoms with Crippen LogP contribution in [-0.4, -0.2) is 104 Å². The largest absolute Gasteiger partial charge is 0.380 e. The molecule has 1 aliphatic rings. The molecule has 1 aromatic rings. The normalized spacial score (nSPS) is 13.1. The number of amides is 6. The second-order valence-corrected chi connectivity index (χ2v) is 10.1. The van der Waals surface area contributed by atoms with E-state index in [-0.39, 0.29) is 50.3 Å². The lowest BCUT2D eigenvalue weighted by molar-refractivity contribution is -0.152. The molecule has 1 atom stereocenters. The Bertz CT molecular complexity index is 1050. The zero-order valence-electron chi connectivity index (χ0n) is 23.5. The van der Waals surface area contributed by atoms with Gasteiger partial charge < -0.3 is 30.7 Å². The number of rotatable bonds is 19. The number of nitrogens with zero attached hydrogens (tertiary/aromatic N) is 1. The van der Waals surface area contributed by atoms with Crippen molar-refractivity contribution >= 4 is 52.9 Å². The van der Waals surface area contributed by atoms with Gasteiger partial charge in [-0.1, -0.05) is 12.1 Å². The van der Waals surface area contributed by atoms with Crippen LogP contribution in [0.2, 0.25) is 0 Å². The van der Waals surface area contributed by atoms with Crippen LogP contribution in [0.4, 0.5) is 5.69 Å². The van der Waals surface area contributed by atoms with Crippen molar-refractivity contribution in [2.45, 2.75) is 38.6 Å². The summed E-state index contributed by atoms with van der Waals surface area (Å²) in [4.78, 5) is 73.6. The van der Waals surface area contributed by atoms with E-state index in [1.165, 1.54) is 16.7 Å². The van der Waals surface area contributed by atoms with E-state index in [2.05, 4.69) is 21.3 Å². The quantitative estimate of drug-likeness (QED) is 0.126. The van der Waals surface area contributed by atoms with Gasteiger partial charge in [0.05, 0.1) is 6.61 Å². The SMILES string of the molecule is CCOCCNC(=O)[C@@H](CNC(=O)COCC(=O)Nc1ccc(CCC(=O)N2CCC2=O)cc1)NC(=O)CCSC. The van der Waals surface area contributed by atoms with Gasteiger partial charge in [-0.25, -0.2) is 0 Å². The fourth-order valence-electron chi connectivity index (χ4n) is 3.60. The van der Waals surface area contributed by atoms with Crippen molar-refractivity contribution in [1.82, 2.24) is 20.9 Å². The number of imide groups is 1. The van der Waals surface area contributed by atoms with Gasteiger partial charge in [-0.2, -0.15) is 11.8 Å². The van der Waals surface area contributed by atoms with Crippen molar-refractivity contribution in [2.24, 2.45) is 0 Å². The van der Waals surface area contributed by atoms with Crippen LogP contribution in [0.3, 0.4) is 0 Å². The number of likely N-dealkylation sites (tertiary alicyclic amines) is 1. The van der Waals surface area contributed by atoms with Crippen LogP contribution >= 0.6 is 11.8 Å². The van der Waals surface area contributed by atoms with Gasteiger partial charge in [-0.3, -0.25) is 33.7 Å². The summed E-state index contributed by atoms with van der Waals surface area (Å²) in [7, 11) is 0. The van der Waals surface area contributed by atoms with Gasteiger partial charge in [0.2, 0.25) is 35.4 Å². The molecule has 6 amide bonds. The van der Waals surface area contributed by atoms with Crippen LogP contribution < -0.4 is 21.3 Å². The predicted octanol–water partition coefficient (Wildman–Crippen LogP) is -0.160. The van der Waals surface area contributed by atoms with Crippen molar-refractivity contribution in [2.75, 3.05) is 63.4 Å². The third-order valence-corrected chi connectivity index (χ3v) is 6.53. The first kappa shape index (κ1) is 33.7. The Morgan fingerprint density at radius 1 is 0.976 bits per heavy atom. The highest BCUT2D eigenvalue weighted by molar-refractivity contribution is 7.98. The number of carbonyl (C=O) groups is 6. The Morgan fingerprint density at radius 3 is 2.34 bits per heavy atom. The molecule has 0 bridgehead atoms. The van der Waals surface area contributed by atoms with Crippen LogP contribution in [-0.2, 0) is 44.7 Å². The van der Waals surface area contributed by atoms with Crippen LogP contribution in [0.25, 0.3) is 0 Å². The summed E-state index contributed by atoms with van der Waals surface area (Å²) >= 11 is 1.50. The maximum absolute atomic E-state index is 12.5. The molecule has 226 valence electrons. The van der Waals surface area contributed by atoms with E-state index in [4.69, 9.17) is 9.47 Å². The minimum Gasteiger partial charge on any atom is -0.380 e. The topological polar surface area (TPSA) is 172 Å². The van der Waals surface area contributed by atoms with E-state index in [0.29, 0.717) is 44.0 Å². The average Bonchev–Trinajstić information content (AvgIpc) is 2.95. The van der Waals surface area contributed by atoms with E-state index >= 15 is 0 Å². The van der Waals surface area contributed by atoms with Crippen LogP contribution in [0.1, 0.15) is 31.7 Å². The van der Waals surface area contributed by atoms with Crippen molar-refractivity contribution in [3.63, 3.8) is 0 Å². The molecule has 1 aliphatic heterocycles. The number of carbonyl (C=O) groups excluding carboxylic acids is 6. The van der Waals surface area contributed by atoms with Crippen LogP contribution in [0.15, 0.2) is 24.3 Å². The van der Waals surface area contributed by atoms with Crippen LogP contribution in [0.5, 0.6) is 0 Å². The van der Waals surface area contributed by atoms with Gasteiger partial charge in [0, 0.05) is 56.9 Å². The molecular formula is C27H39N5O8S. The number of ether oxygens (including phenoxy) is 2. The van der Waals surface area contributed by atoms with Gasteiger partial charge in [-0.05, 0) is 37.3 Å². The van der Waals surface area contributed by atoms with E-state index in [1.54, 1.807) is 24.3 Å². The summed E-state index contributed by atoms with van der Waals surface area (Å²) in [6.45, 7) is 2.48. The number of nitrogens with one attached hydrogen (secondary N) is 4. The lowest BCUT2D eigenvalue weighted by Gasteiger charge is -2.28. The molecule has 0 spiro atoms. The Balaban J connectivity index is 1.69. The number of benzene rings is 1. The highest BCUT2D eigenvalue weighted by Crippen LogP contribution is 2.14. The van der Waals surface area contributed by atoms with Crippen molar-refractivity contribution in [3.05, 3.63) is 29.8 Å². The maximum Gasteiger partial charge on any atom is 0.250 e. The molecule has 1 aromatic carbocycles. The van der Waals surface area contributed by atoms with Gasteiger partial charge in [0.1, 0.15) is 19.3 Å². The molecular weight excluding hydrogens is 554 g/mol. The summed E-state index contributed by atoms with van der Waals surface area (Å²) in [5.74, 6) is -1.51. The molecule has 0 aliphatic carbocycles. The monoisotopic (exact) mass is 593 g/mol. The summed E-state index contributed by atoms with van der Waals surface area (Å²) in [6, 6.07) is 5.95. The van der Waals surface area contributed by atoms with E-state index in [9.17, 15) is 28.8 Å². The maximum atomic E-state index is 12.5. The Labute approximate surface area is 243 Å². The van der Waals surface area contributed by atoms with Gasteiger partial charge in [0.15, 0.2) is 0 Å². The van der Waals surface area contributed by atoms with E-state index < -0.39 is 30.4 Å². The number of hydrogen-bond acceptors (Lipinski definition) is 9. The summed E-state index contributed by atoms with van der Waals surface area (Å²) in [5.41, 5.74) is 1.41. The second kappa shape index (κ2) is 18.8. The van der Waals surface area contributed by atoms with Crippen molar-refractivity contribution < 1.29 is 38.2 Å². The molecule has 0 unspecified atom stereocenters. The average molecular weight is 594 g/mol. The molecule has 0 saturated carbocycles. The molecule has 0 radical (unpaired) electrons. The number of anilines is 1. The summed E-state index contributed by atoms with van der Waals surface area (Å²) < 4.78 is 10.4. The lowest BCUT2D eigenvalue weighted by atomic mass is 10.1. The number of hydrogen-bond donors (Lipinski definition) is 4. The van der Waals surface area contributed by atoms with Crippen LogP contribution in [0, 0.1) is 0 Å². The zero-order chi connectivity index (χ0) is 30.0. The first-order valence-electron chi connectivity index (χ1n) is 13.4. The molecule has 1 saturated heterocycles. The zero-order valence-corrected chi connectivity index (χ0v) is 24.3. The minimum atomic E-state index is -0.975. The molecule has 2 rings (SSSR count). The predicted molar refractivity (Wildman–Crippen MR) is 153 cm³/mol. The Hall–Kier alpha value is -3.49. The lowest BCUT2D eigenvalue weighted by Crippen LogP contribution is -2.53. The van der Waals surface area contributed by atoms with Gasteiger partial charge >= 0.3 is 0 Å². The number of β-lactam (4-membered cyclic amide) rings is 1. The van der Waals surface area contributed by atoms with Gasteiger partial charge in [-0.15, -0.1) is 0 Å². The molecule has 41 heavy (non-hydrogen) atoms. The summed E-state index contributed by atoms with van der Waals surface area (Å²) in [6.07, 6.45) is 3.23.